The highest BCUT2D eigenvalue weighted by atomic mass is 35.5. The lowest BCUT2D eigenvalue weighted by atomic mass is 10.2. The maximum absolute atomic E-state index is 7.35. The first-order valence-electron chi connectivity index (χ1n) is 5.13. The van der Waals surface area contributed by atoms with Gasteiger partial charge in [-0.15, -0.1) is 0 Å². The lowest BCUT2D eigenvalue weighted by Crippen LogP contribution is -2.10. The minimum atomic E-state index is 0.0104. The van der Waals surface area contributed by atoms with Gasteiger partial charge in [-0.1, -0.05) is 47.1 Å². The molecule has 0 atom stereocenters. The van der Waals surface area contributed by atoms with Crippen LogP contribution in [0.15, 0.2) is 52.3 Å². The van der Waals surface area contributed by atoms with E-state index in [-0.39, 0.29) is 5.84 Å². The first-order valence-corrected chi connectivity index (χ1v) is 6.71. The van der Waals surface area contributed by atoms with E-state index in [2.05, 4.69) is 0 Å². The summed E-state index contributed by atoms with van der Waals surface area (Å²) in [6, 6.07) is 12.9. The lowest BCUT2D eigenvalue weighted by molar-refractivity contribution is 1.37. The van der Waals surface area contributed by atoms with Crippen LogP contribution in [0.2, 0.25) is 10.0 Å². The van der Waals surface area contributed by atoms with Crippen molar-refractivity contribution in [3.8, 4) is 0 Å². The molecule has 0 unspecified atom stereocenters. The molecule has 18 heavy (non-hydrogen) atoms. The molecule has 0 radical (unpaired) electrons. The molecule has 0 amide bonds. The van der Waals surface area contributed by atoms with Crippen molar-refractivity contribution in [3.05, 3.63) is 58.1 Å². The Morgan fingerprint density at radius 2 is 1.89 bits per heavy atom. The Bertz CT molecular complexity index is 599. The van der Waals surface area contributed by atoms with Crippen molar-refractivity contribution < 1.29 is 0 Å². The van der Waals surface area contributed by atoms with Crippen molar-refractivity contribution in [1.82, 2.24) is 0 Å². The largest absolute Gasteiger partial charge is 0.384 e. The molecule has 0 aromatic heterocycles. The predicted molar refractivity (Wildman–Crippen MR) is 78.0 cm³/mol. The fourth-order valence-electron chi connectivity index (χ4n) is 1.41. The minimum absolute atomic E-state index is 0.0104. The summed E-state index contributed by atoms with van der Waals surface area (Å²) in [6.07, 6.45) is 0. The summed E-state index contributed by atoms with van der Waals surface area (Å²) in [5.41, 5.74) is 6.03. The van der Waals surface area contributed by atoms with Gasteiger partial charge in [-0.3, -0.25) is 5.41 Å². The number of nitrogen functional groups attached to an aromatic ring is 1. The van der Waals surface area contributed by atoms with Gasteiger partial charge in [0.25, 0.3) is 0 Å². The molecular formula is C13H10Cl2N2S. The second-order valence-corrected chi connectivity index (χ2v) is 5.58. The standard InChI is InChI=1S/C13H10Cl2N2S/c14-9-2-1-3-10(7-9)18-12-5-4-8(13(16)17)6-11(12)15/h1-7H,(H3,16,17). The van der Waals surface area contributed by atoms with Crippen LogP contribution in [0.5, 0.6) is 0 Å². The quantitative estimate of drug-likeness (QED) is 0.650. The lowest BCUT2D eigenvalue weighted by Gasteiger charge is -2.06. The van der Waals surface area contributed by atoms with E-state index < -0.39 is 0 Å². The van der Waals surface area contributed by atoms with Crippen molar-refractivity contribution >= 4 is 40.8 Å². The molecule has 2 aromatic carbocycles. The van der Waals surface area contributed by atoms with Gasteiger partial charge in [0.1, 0.15) is 5.84 Å². The Hall–Kier alpha value is -1.16. The first-order chi connectivity index (χ1) is 8.56. The molecule has 0 aliphatic heterocycles. The molecule has 0 bridgehead atoms. The maximum atomic E-state index is 7.35. The van der Waals surface area contributed by atoms with Gasteiger partial charge >= 0.3 is 0 Å². The highest BCUT2D eigenvalue weighted by Gasteiger charge is 2.06. The van der Waals surface area contributed by atoms with Crippen LogP contribution in [0.25, 0.3) is 0 Å². The summed E-state index contributed by atoms with van der Waals surface area (Å²) in [7, 11) is 0. The van der Waals surface area contributed by atoms with Gasteiger partial charge in [0.2, 0.25) is 0 Å². The van der Waals surface area contributed by atoms with Crippen LogP contribution in [0.3, 0.4) is 0 Å². The molecule has 0 aliphatic rings. The molecule has 2 nitrogen and oxygen atoms in total. The van der Waals surface area contributed by atoms with Gasteiger partial charge in [-0.05, 0) is 30.3 Å². The van der Waals surface area contributed by atoms with Crippen molar-refractivity contribution in [2.45, 2.75) is 9.79 Å². The van der Waals surface area contributed by atoms with E-state index in [1.54, 1.807) is 12.1 Å². The molecular weight excluding hydrogens is 287 g/mol. The van der Waals surface area contributed by atoms with Crippen LogP contribution < -0.4 is 5.73 Å². The van der Waals surface area contributed by atoms with Crippen LogP contribution in [-0.2, 0) is 0 Å². The molecule has 0 saturated carbocycles. The topological polar surface area (TPSA) is 49.9 Å². The first kappa shape index (κ1) is 13.3. The summed E-state index contributed by atoms with van der Waals surface area (Å²) < 4.78 is 0. The zero-order chi connectivity index (χ0) is 13.1. The second kappa shape index (κ2) is 5.65. The monoisotopic (exact) mass is 296 g/mol. The SMILES string of the molecule is N=C(N)c1ccc(Sc2cccc(Cl)c2)c(Cl)c1. The van der Waals surface area contributed by atoms with E-state index >= 15 is 0 Å². The van der Waals surface area contributed by atoms with Crippen molar-refractivity contribution in [2.75, 3.05) is 0 Å². The van der Waals surface area contributed by atoms with E-state index in [0.29, 0.717) is 15.6 Å². The summed E-state index contributed by atoms with van der Waals surface area (Å²) in [5.74, 6) is 0.0104. The third-order valence-electron chi connectivity index (χ3n) is 2.27. The van der Waals surface area contributed by atoms with Gasteiger partial charge in [0.05, 0.1) is 5.02 Å². The molecule has 5 heteroatoms. The van der Waals surface area contributed by atoms with E-state index in [1.165, 1.54) is 11.8 Å². The van der Waals surface area contributed by atoms with Gasteiger partial charge in [0, 0.05) is 20.4 Å². The van der Waals surface area contributed by atoms with E-state index in [9.17, 15) is 0 Å². The molecule has 0 heterocycles. The predicted octanol–water partition coefficient (Wildman–Crippen LogP) is 4.43. The smallest absolute Gasteiger partial charge is 0.122 e. The Kier molecular flexibility index (Phi) is 4.17. The number of benzene rings is 2. The number of nitrogens with one attached hydrogen (secondary N) is 1. The van der Waals surface area contributed by atoms with Crippen LogP contribution in [0.4, 0.5) is 0 Å². The maximum Gasteiger partial charge on any atom is 0.122 e. The average Bonchev–Trinajstić information content (AvgIpc) is 2.31. The summed E-state index contributed by atoms with van der Waals surface area (Å²) in [5, 5.41) is 8.61. The summed E-state index contributed by atoms with van der Waals surface area (Å²) >= 11 is 13.6. The van der Waals surface area contributed by atoms with Crippen LogP contribution in [-0.4, -0.2) is 5.84 Å². The number of amidine groups is 1. The third kappa shape index (κ3) is 3.19. The Labute approximate surface area is 120 Å². The van der Waals surface area contributed by atoms with E-state index in [0.717, 1.165) is 9.79 Å². The van der Waals surface area contributed by atoms with Crippen LogP contribution in [0.1, 0.15) is 5.56 Å². The van der Waals surface area contributed by atoms with Gasteiger partial charge in [0.15, 0.2) is 0 Å². The third-order valence-corrected chi connectivity index (χ3v) is 3.99. The fourth-order valence-corrected chi connectivity index (χ4v) is 2.84. The molecule has 3 N–H and O–H groups in total. The second-order valence-electron chi connectivity index (χ2n) is 3.62. The normalized spacial score (nSPS) is 10.3. The number of halogens is 2. The molecule has 0 saturated heterocycles. The number of hydrogen-bond acceptors (Lipinski definition) is 2. The van der Waals surface area contributed by atoms with E-state index in [1.807, 2.05) is 30.3 Å². The number of rotatable bonds is 3. The fraction of sp³-hybridized carbons (Fsp3) is 0. The highest BCUT2D eigenvalue weighted by molar-refractivity contribution is 7.99. The Balaban J connectivity index is 2.27. The van der Waals surface area contributed by atoms with Gasteiger partial charge in [-0.25, -0.2) is 0 Å². The van der Waals surface area contributed by atoms with Crippen LogP contribution >= 0.6 is 35.0 Å². The molecule has 2 aromatic rings. The van der Waals surface area contributed by atoms with E-state index in [4.69, 9.17) is 34.3 Å². The highest BCUT2D eigenvalue weighted by Crippen LogP contribution is 2.34. The number of hydrogen-bond donors (Lipinski definition) is 2. The van der Waals surface area contributed by atoms with Crippen molar-refractivity contribution in [1.29, 1.82) is 5.41 Å². The zero-order valence-corrected chi connectivity index (χ0v) is 11.6. The minimum Gasteiger partial charge on any atom is -0.384 e. The van der Waals surface area contributed by atoms with Gasteiger partial charge < -0.3 is 5.73 Å². The molecule has 2 rings (SSSR count). The number of nitrogens with two attached hydrogens (primary N) is 1. The van der Waals surface area contributed by atoms with Crippen molar-refractivity contribution in [2.24, 2.45) is 5.73 Å². The van der Waals surface area contributed by atoms with Crippen LogP contribution in [0, 0.1) is 5.41 Å². The zero-order valence-electron chi connectivity index (χ0n) is 9.28. The summed E-state index contributed by atoms with van der Waals surface area (Å²) in [6.45, 7) is 0. The Morgan fingerprint density at radius 3 is 2.50 bits per heavy atom. The molecule has 0 spiro atoms. The average molecular weight is 297 g/mol. The summed E-state index contributed by atoms with van der Waals surface area (Å²) in [4.78, 5) is 1.92. The van der Waals surface area contributed by atoms with Crippen molar-refractivity contribution in [3.63, 3.8) is 0 Å². The Morgan fingerprint density at radius 1 is 1.11 bits per heavy atom. The molecule has 92 valence electrons. The molecule has 0 aliphatic carbocycles. The van der Waals surface area contributed by atoms with Gasteiger partial charge in [-0.2, -0.15) is 0 Å². The molecule has 0 fully saturated rings.